The maximum atomic E-state index is 12.3. The highest BCUT2D eigenvalue weighted by atomic mass is 16.2. The number of rotatable bonds is 1. The Balaban J connectivity index is 2.15. The Kier molecular flexibility index (Phi) is 2.42. The van der Waals surface area contributed by atoms with Gasteiger partial charge in [-0.15, -0.1) is 0 Å². The molecule has 21 heavy (non-hydrogen) atoms. The van der Waals surface area contributed by atoms with Crippen LogP contribution in [0.1, 0.15) is 20.7 Å². The van der Waals surface area contributed by atoms with Gasteiger partial charge in [0.25, 0.3) is 11.8 Å². The molecule has 3 aromatic rings. The van der Waals surface area contributed by atoms with Gasteiger partial charge in [0.1, 0.15) is 0 Å². The van der Waals surface area contributed by atoms with E-state index in [9.17, 15) is 9.59 Å². The van der Waals surface area contributed by atoms with Crippen LogP contribution in [-0.4, -0.2) is 11.8 Å². The number of benzene rings is 3. The molecular formula is C18H11NO2. The molecule has 0 saturated heterocycles. The molecule has 1 aliphatic rings. The lowest BCUT2D eigenvalue weighted by atomic mass is 9.89. The van der Waals surface area contributed by atoms with Crippen molar-refractivity contribution in [1.82, 2.24) is 5.32 Å². The molecule has 1 N–H and O–H groups in total. The van der Waals surface area contributed by atoms with Gasteiger partial charge in [-0.05, 0) is 22.6 Å². The molecule has 3 heteroatoms. The first-order valence-corrected chi connectivity index (χ1v) is 6.72. The third-order valence-corrected chi connectivity index (χ3v) is 3.83. The number of nitrogens with one attached hydrogen (secondary N) is 1. The van der Waals surface area contributed by atoms with E-state index in [4.69, 9.17) is 0 Å². The summed E-state index contributed by atoms with van der Waals surface area (Å²) in [6.07, 6.45) is 0. The van der Waals surface area contributed by atoms with Gasteiger partial charge in [0.15, 0.2) is 0 Å². The molecular weight excluding hydrogens is 262 g/mol. The number of carbonyl (C=O) groups excluding carboxylic acids is 2. The monoisotopic (exact) mass is 273 g/mol. The van der Waals surface area contributed by atoms with Crippen molar-refractivity contribution >= 4 is 22.6 Å². The first-order valence-electron chi connectivity index (χ1n) is 6.72. The number of hydrogen-bond donors (Lipinski definition) is 1. The molecule has 0 spiro atoms. The van der Waals surface area contributed by atoms with Gasteiger partial charge in [-0.2, -0.15) is 0 Å². The van der Waals surface area contributed by atoms with E-state index in [1.54, 1.807) is 6.07 Å². The minimum atomic E-state index is -0.330. The number of hydrogen-bond acceptors (Lipinski definition) is 2. The zero-order valence-corrected chi connectivity index (χ0v) is 11.1. The van der Waals surface area contributed by atoms with Crippen LogP contribution in [0.4, 0.5) is 0 Å². The largest absolute Gasteiger partial charge is 0.288 e. The van der Waals surface area contributed by atoms with Crippen molar-refractivity contribution in [2.45, 2.75) is 0 Å². The van der Waals surface area contributed by atoms with Crippen LogP contribution >= 0.6 is 0 Å². The fourth-order valence-corrected chi connectivity index (χ4v) is 2.90. The van der Waals surface area contributed by atoms with E-state index in [1.165, 1.54) is 0 Å². The highest BCUT2D eigenvalue weighted by molar-refractivity contribution is 6.27. The van der Waals surface area contributed by atoms with E-state index >= 15 is 0 Å². The topological polar surface area (TPSA) is 46.2 Å². The maximum Gasteiger partial charge on any atom is 0.259 e. The van der Waals surface area contributed by atoms with Crippen molar-refractivity contribution < 1.29 is 9.59 Å². The number of imide groups is 1. The Bertz CT molecular complexity index is 898. The Morgan fingerprint density at radius 1 is 0.667 bits per heavy atom. The van der Waals surface area contributed by atoms with Gasteiger partial charge in [-0.1, -0.05) is 54.6 Å². The minimum absolute atomic E-state index is 0.330. The molecule has 1 aliphatic heterocycles. The van der Waals surface area contributed by atoms with E-state index < -0.39 is 0 Å². The zero-order valence-electron chi connectivity index (χ0n) is 11.1. The average molecular weight is 273 g/mol. The molecule has 0 atom stereocenters. The Hall–Kier alpha value is -2.94. The van der Waals surface area contributed by atoms with Gasteiger partial charge in [-0.3, -0.25) is 14.9 Å². The highest BCUT2D eigenvalue weighted by Gasteiger charge is 2.27. The smallest absolute Gasteiger partial charge is 0.259 e. The Morgan fingerprint density at radius 2 is 1.48 bits per heavy atom. The third-order valence-electron chi connectivity index (χ3n) is 3.83. The molecule has 3 aromatic carbocycles. The first kappa shape index (κ1) is 11.9. The Morgan fingerprint density at radius 3 is 2.29 bits per heavy atom. The molecule has 100 valence electrons. The van der Waals surface area contributed by atoms with Gasteiger partial charge in [0, 0.05) is 10.9 Å². The molecule has 0 radical (unpaired) electrons. The van der Waals surface area contributed by atoms with Crippen molar-refractivity contribution in [2.24, 2.45) is 0 Å². The fraction of sp³-hybridized carbons (Fsp3) is 0. The van der Waals surface area contributed by atoms with E-state index in [0.717, 1.165) is 21.9 Å². The first-order chi connectivity index (χ1) is 10.3. The molecule has 4 rings (SSSR count). The van der Waals surface area contributed by atoms with Crippen molar-refractivity contribution in [3.05, 3.63) is 71.8 Å². The molecule has 0 bridgehead atoms. The minimum Gasteiger partial charge on any atom is -0.288 e. The van der Waals surface area contributed by atoms with E-state index in [0.29, 0.717) is 11.1 Å². The van der Waals surface area contributed by atoms with E-state index in [2.05, 4.69) is 5.32 Å². The van der Waals surface area contributed by atoms with Crippen LogP contribution in [0.2, 0.25) is 0 Å². The lowest BCUT2D eigenvalue weighted by Crippen LogP contribution is -2.35. The Labute approximate surface area is 121 Å². The highest BCUT2D eigenvalue weighted by Crippen LogP contribution is 2.34. The normalized spacial score (nSPS) is 13.3. The summed E-state index contributed by atoms with van der Waals surface area (Å²) in [6, 6.07) is 19.1. The fourth-order valence-electron chi connectivity index (χ4n) is 2.90. The summed E-state index contributed by atoms with van der Waals surface area (Å²) in [4.78, 5) is 24.3. The summed E-state index contributed by atoms with van der Waals surface area (Å²) in [5.74, 6) is -0.661. The van der Waals surface area contributed by atoms with Gasteiger partial charge in [-0.25, -0.2) is 0 Å². The average Bonchev–Trinajstić information content (AvgIpc) is 2.53. The molecule has 0 fully saturated rings. The van der Waals surface area contributed by atoms with Crippen LogP contribution in [0, 0.1) is 0 Å². The maximum absolute atomic E-state index is 12.3. The molecule has 0 aromatic heterocycles. The number of amides is 2. The van der Waals surface area contributed by atoms with Crippen molar-refractivity contribution in [1.29, 1.82) is 0 Å². The van der Waals surface area contributed by atoms with Crippen LogP contribution in [-0.2, 0) is 0 Å². The second-order valence-electron chi connectivity index (χ2n) is 5.04. The molecule has 1 heterocycles. The van der Waals surface area contributed by atoms with Crippen LogP contribution in [0.25, 0.3) is 21.9 Å². The van der Waals surface area contributed by atoms with E-state index in [-0.39, 0.29) is 11.8 Å². The van der Waals surface area contributed by atoms with Gasteiger partial charge < -0.3 is 0 Å². The van der Waals surface area contributed by atoms with Gasteiger partial charge in [0.05, 0.1) is 5.56 Å². The molecule has 0 saturated carbocycles. The summed E-state index contributed by atoms with van der Waals surface area (Å²) in [5, 5.41) is 4.08. The summed E-state index contributed by atoms with van der Waals surface area (Å²) < 4.78 is 0. The van der Waals surface area contributed by atoms with Crippen LogP contribution in [0.15, 0.2) is 60.7 Å². The molecule has 0 unspecified atom stereocenters. The predicted octanol–water partition coefficient (Wildman–Crippen LogP) is 3.39. The summed E-state index contributed by atoms with van der Waals surface area (Å²) in [5.41, 5.74) is 2.95. The van der Waals surface area contributed by atoms with Crippen LogP contribution < -0.4 is 5.32 Å². The third kappa shape index (κ3) is 1.68. The van der Waals surface area contributed by atoms with Crippen LogP contribution in [0.3, 0.4) is 0 Å². The summed E-state index contributed by atoms with van der Waals surface area (Å²) in [6.45, 7) is 0. The molecule has 2 amide bonds. The quantitative estimate of drug-likeness (QED) is 0.691. The second kappa shape index (κ2) is 4.28. The lowest BCUT2D eigenvalue weighted by molar-refractivity contribution is 0.0845. The van der Waals surface area contributed by atoms with E-state index in [1.807, 2.05) is 54.6 Å². The van der Waals surface area contributed by atoms with Crippen molar-refractivity contribution in [3.8, 4) is 11.1 Å². The molecule has 0 aliphatic carbocycles. The van der Waals surface area contributed by atoms with Crippen molar-refractivity contribution in [2.75, 3.05) is 0 Å². The summed E-state index contributed by atoms with van der Waals surface area (Å²) in [7, 11) is 0. The van der Waals surface area contributed by atoms with Gasteiger partial charge >= 0.3 is 0 Å². The standard InChI is InChI=1S/C18H11NO2/c20-17-14-8-4-7-12-9-10-13(11-5-2-1-3-6-11)16(15(12)14)18(21)19-17/h1-10H,(H,19,20,21). The lowest BCUT2D eigenvalue weighted by Gasteiger charge is -2.19. The second-order valence-corrected chi connectivity index (χ2v) is 5.04. The van der Waals surface area contributed by atoms with Gasteiger partial charge in [0.2, 0.25) is 0 Å². The zero-order chi connectivity index (χ0) is 14.4. The van der Waals surface area contributed by atoms with Crippen molar-refractivity contribution in [3.63, 3.8) is 0 Å². The van der Waals surface area contributed by atoms with Crippen LogP contribution in [0.5, 0.6) is 0 Å². The number of carbonyl (C=O) groups is 2. The predicted molar refractivity (Wildman–Crippen MR) is 81.2 cm³/mol. The summed E-state index contributed by atoms with van der Waals surface area (Å²) >= 11 is 0. The SMILES string of the molecule is O=C1NC(=O)c2c(-c3ccccc3)ccc3cccc1c23. The molecule has 3 nitrogen and oxygen atoms in total.